The minimum atomic E-state index is -0.586. The Hall–Kier alpha value is -5.28. The topological polar surface area (TPSA) is 90.3 Å². The Kier molecular flexibility index (Phi) is 9.23. The van der Waals surface area contributed by atoms with Crippen LogP contribution in [0.2, 0.25) is 0 Å². The van der Waals surface area contributed by atoms with Crippen molar-refractivity contribution in [3.8, 4) is 22.6 Å². The lowest BCUT2D eigenvalue weighted by Crippen LogP contribution is -2.10. The fraction of sp³-hybridized carbons (Fsp3) is 0.118. The van der Waals surface area contributed by atoms with Crippen molar-refractivity contribution in [2.45, 2.75) is 13.3 Å². The van der Waals surface area contributed by atoms with Gasteiger partial charge in [-0.25, -0.2) is 19.6 Å². The van der Waals surface area contributed by atoms with Crippen molar-refractivity contribution in [2.24, 2.45) is 5.10 Å². The van der Waals surface area contributed by atoms with Gasteiger partial charge in [-0.05, 0) is 71.6 Å². The number of aromatic nitrogens is 1. The van der Waals surface area contributed by atoms with Crippen LogP contribution in [0, 0.1) is 0 Å². The third-order valence-electron chi connectivity index (χ3n) is 6.52. The van der Waals surface area contributed by atoms with E-state index in [4.69, 9.17) is 14.2 Å². The van der Waals surface area contributed by atoms with E-state index in [9.17, 15) is 9.59 Å². The van der Waals surface area contributed by atoms with Gasteiger partial charge in [-0.2, -0.15) is 5.10 Å². The van der Waals surface area contributed by atoms with Gasteiger partial charge in [0.25, 0.3) is 0 Å². The van der Waals surface area contributed by atoms with Crippen molar-refractivity contribution in [1.82, 2.24) is 4.98 Å². The molecular formula is C34H29N3O5S. The van der Waals surface area contributed by atoms with Gasteiger partial charge >= 0.3 is 11.9 Å². The molecule has 0 N–H and O–H groups in total. The van der Waals surface area contributed by atoms with Crippen LogP contribution in [0.15, 0.2) is 109 Å². The number of esters is 2. The predicted octanol–water partition coefficient (Wildman–Crippen LogP) is 7.28. The van der Waals surface area contributed by atoms with Gasteiger partial charge in [0.1, 0.15) is 11.5 Å². The monoisotopic (exact) mass is 591 g/mol. The molecule has 0 aliphatic heterocycles. The Morgan fingerprint density at radius 3 is 2.44 bits per heavy atom. The molecule has 9 heteroatoms. The fourth-order valence-corrected chi connectivity index (χ4v) is 5.04. The highest BCUT2D eigenvalue weighted by molar-refractivity contribution is 7.22. The summed E-state index contributed by atoms with van der Waals surface area (Å²) in [6, 6.07) is 28.2. The van der Waals surface area contributed by atoms with Gasteiger partial charge in [0.05, 0.1) is 22.0 Å². The second-order valence-corrected chi connectivity index (χ2v) is 10.4. The van der Waals surface area contributed by atoms with Crippen LogP contribution in [-0.2, 0) is 16.0 Å². The van der Waals surface area contributed by atoms with Crippen molar-refractivity contribution >= 4 is 44.8 Å². The Balaban J connectivity index is 1.36. The number of thiazole rings is 1. The Bertz CT molecular complexity index is 1750. The number of para-hydroxylation sites is 1. The lowest BCUT2D eigenvalue weighted by atomic mass is 9.98. The second-order valence-electron chi connectivity index (χ2n) is 9.38. The summed E-state index contributed by atoms with van der Waals surface area (Å²) in [6.45, 7) is 5.19. The lowest BCUT2D eigenvalue weighted by molar-refractivity contribution is -0.144. The maximum absolute atomic E-state index is 12.9. The third-order valence-corrected chi connectivity index (χ3v) is 7.62. The van der Waals surface area contributed by atoms with Gasteiger partial charge in [0.15, 0.2) is 0 Å². The number of nitrogens with zero attached hydrogens (tertiary/aromatic N) is 3. The normalized spacial score (nSPS) is 10.9. The Morgan fingerprint density at radius 2 is 1.72 bits per heavy atom. The molecule has 216 valence electrons. The maximum Gasteiger partial charge on any atom is 0.343 e. The van der Waals surface area contributed by atoms with E-state index < -0.39 is 11.9 Å². The number of carbonyl (C=O) groups excluding carboxylic acids is 2. The molecule has 5 aromatic rings. The van der Waals surface area contributed by atoms with E-state index in [1.165, 1.54) is 5.56 Å². The van der Waals surface area contributed by atoms with Crippen LogP contribution in [-0.4, -0.2) is 37.0 Å². The molecule has 0 aliphatic rings. The molecule has 0 atom stereocenters. The molecule has 1 heterocycles. The summed E-state index contributed by atoms with van der Waals surface area (Å²) < 4.78 is 17.0. The van der Waals surface area contributed by atoms with Crippen LogP contribution in [0.3, 0.4) is 0 Å². The van der Waals surface area contributed by atoms with Crippen molar-refractivity contribution in [2.75, 3.05) is 18.8 Å². The first-order chi connectivity index (χ1) is 20.9. The summed E-state index contributed by atoms with van der Waals surface area (Å²) in [6.07, 6.45) is 3.75. The molecule has 0 saturated carbocycles. The highest BCUT2D eigenvalue weighted by atomic mass is 32.1. The molecule has 0 unspecified atom stereocenters. The van der Waals surface area contributed by atoms with E-state index in [2.05, 4.69) is 47.9 Å². The summed E-state index contributed by atoms with van der Waals surface area (Å²) in [7, 11) is 1.85. The van der Waals surface area contributed by atoms with E-state index in [-0.39, 0.29) is 6.79 Å². The van der Waals surface area contributed by atoms with Crippen LogP contribution in [0.5, 0.6) is 11.5 Å². The molecule has 5 rings (SSSR count). The van der Waals surface area contributed by atoms with E-state index in [0.29, 0.717) is 17.1 Å². The SMILES string of the molecule is C=CC(=O)OCOc1ccc(C(=O)Oc2ccc(-c3ccc(CC)cc3)c(/C=N/N(C)c3nc4ccccc4s3)c2)cc1. The fourth-order valence-electron chi connectivity index (χ4n) is 4.16. The van der Waals surface area contributed by atoms with Gasteiger partial charge in [0.2, 0.25) is 11.9 Å². The Labute approximate surface area is 253 Å². The Morgan fingerprint density at radius 1 is 0.977 bits per heavy atom. The molecule has 0 aliphatic carbocycles. The summed E-state index contributed by atoms with van der Waals surface area (Å²) in [5.41, 5.74) is 5.25. The number of ether oxygens (including phenoxy) is 3. The second kappa shape index (κ2) is 13.6. The average molecular weight is 592 g/mol. The zero-order chi connectivity index (χ0) is 30.2. The minimum absolute atomic E-state index is 0.263. The highest BCUT2D eigenvalue weighted by Crippen LogP contribution is 2.30. The third kappa shape index (κ3) is 7.33. The summed E-state index contributed by atoms with van der Waals surface area (Å²) in [4.78, 5) is 28.8. The average Bonchev–Trinajstić information content (AvgIpc) is 3.49. The van der Waals surface area contributed by atoms with Gasteiger partial charge in [-0.15, -0.1) is 0 Å². The van der Waals surface area contributed by atoms with E-state index in [1.807, 2.05) is 37.4 Å². The number of benzene rings is 4. The van der Waals surface area contributed by atoms with Crippen molar-refractivity contribution in [3.05, 3.63) is 120 Å². The van der Waals surface area contributed by atoms with Crippen LogP contribution in [0.1, 0.15) is 28.4 Å². The molecule has 0 spiro atoms. The molecule has 43 heavy (non-hydrogen) atoms. The molecule has 4 aromatic carbocycles. The van der Waals surface area contributed by atoms with E-state index in [1.54, 1.807) is 59.0 Å². The van der Waals surface area contributed by atoms with E-state index >= 15 is 0 Å². The predicted molar refractivity (Wildman–Crippen MR) is 170 cm³/mol. The maximum atomic E-state index is 12.9. The molecule has 0 radical (unpaired) electrons. The van der Waals surface area contributed by atoms with Gasteiger partial charge in [-0.1, -0.05) is 67.3 Å². The number of carbonyl (C=O) groups is 2. The van der Waals surface area contributed by atoms with Crippen molar-refractivity contribution in [1.29, 1.82) is 0 Å². The smallest absolute Gasteiger partial charge is 0.343 e. The van der Waals surface area contributed by atoms with Gasteiger partial charge in [0, 0.05) is 18.7 Å². The summed E-state index contributed by atoms with van der Waals surface area (Å²) in [5, 5.41) is 7.17. The first-order valence-electron chi connectivity index (χ1n) is 13.5. The molecular weight excluding hydrogens is 562 g/mol. The van der Waals surface area contributed by atoms with Crippen LogP contribution < -0.4 is 14.5 Å². The zero-order valence-electron chi connectivity index (χ0n) is 23.7. The molecule has 0 bridgehead atoms. The number of hydrogen-bond acceptors (Lipinski definition) is 9. The highest BCUT2D eigenvalue weighted by Gasteiger charge is 2.13. The number of anilines is 1. The van der Waals surface area contributed by atoms with Gasteiger partial charge < -0.3 is 14.2 Å². The van der Waals surface area contributed by atoms with E-state index in [0.717, 1.165) is 44.5 Å². The largest absolute Gasteiger partial charge is 0.457 e. The first-order valence-corrected chi connectivity index (χ1v) is 14.4. The van der Waals surface area contributed by atoms with Gasteiger partial charge in [-0.3, -0.25) is 0 Å². The molecule has 8 nitrogen and oxygen atoms in total. The molecule has 1 aromatic heterocycles. The van der Waals surface area contributed by atoms with Crippen molar-refractivity contribution in [3.63, 3.8) is 0 Å². The number of rotatable bonds is 11. The number of hydrogen-bond donors (Lipinski definition) is 0. The summed E-state index contributed by atoms with van der Waals surface area (Å²) >= 11 is 1.56. The van der Waals surface area contributed by atoms with Crippen LogP contribution >= 0.6 is 11.3 Å². The quantitative estimate of drug-likeness (QED) is 0.0398. The van der Waals surface area contributed by atoms with Crippen LogP contribution in [0.4, 0.5) is 5.13 Å². The standard InChI is InChI=1S/C34H29N3O5S/c1-4-23-10-12-24(13-11-23)29-19-18-28(42-33(39)25-14-16-27(17-15-25)40-22-41-32(38)5-2)20-26(29)21-35-37(3)34-36-30-8-6-7-9-31(30)43-34/h5-21H,2,4,22H2,1,3H3/b35-21+. The summed E-state index contributed by atoms with van der Waals surface area (Å²) in [5.74, 6) is -0.307. The minimum Gasteiger partial charge on any atom is -0.457 e. The van der Waals surface area contributed by atoms with Crippen molar-refractivity contribution < 1.29 is 23.8 Å². The molecule has 0 saturated heterocycles. The lowest BCUT2D eigenvalue weighted by Gasteiger charge is -2.12. The van der Waals surface area contributed by atoms with Crippen LogP contribution in [0.25, 0.3) is 21.3 Å². The molecule has 0 amide bonds. The zero-order valence-corrected chi connectivity index (χ0v) is 24.5. The number of fused-ring (bicyclic) bond motifs is 1. The first kappa shape index (κ1) is 29.2. The number of hydrazone groups is 1. The number of aryl methyl sites for hydroxylation is 1. The molecule has 0 fully saturated rings.